The minimum atomic E-state index is -0.651. The molecule has 0 heterocycles. The summed E-state index contributed by atoms with van der Waals surface area (Å²) in [7, 11) is 0. The molecule has 3 nitrogen and oxygen atoms in total. The van der Waals surface area contributed by atoms with Gasteiger partial charge in [-0.15, -0.1) is 0 Å². The molecule has 0 saturated carbocycles. The minimum Gasteiger partial charge on any atom is -0.426 e. The SMILES string of the molecule is O=C(C=C(Cl)Cl)CC(=O)Oc1ccccc1. The number of carbonyl (C=O) groups is 2. The largest absolute Gasteiger partial charge is 0.426 e. The van der Waals surface area contributed by atoms with Gasteiger partial charge in [-0.25, -0.2) is 0 Å². The summed E-state index contributed by atoms with van der Waals surface area (Å²) < 4.78 is 4.71. The Morgan fingerprint density at radius 1 is 1.19 bits per heavy atom. The number of allylic oxidation sites excluding steroid dienone is 1. The topological polar surface area (TPSA) is 43.4 Å². The molecule has 0 atom stereocenters. The normalized spacial score (nSPS) is 9.38. The van der Waals surface area contributed by atoms with Crippen LogP contribution in [0, 0.1) is 0 Å². The van der Waals surface area contributed by atoms with Gasteiger partial charge in [-0.05, 0) is 12.1 Å². The molecule has 0 fully saturated rings. The molecule has 0 amide bonds. The van der Waals surface area contributed by atoms with Crippen LogP contribution in [-0.4, -0.2) is 11.8 Å². The van der Waals surface area contributed by atoms with Crippen LogP contribution < -0.4 is 4.74 Å². The Kier molecular flexibility index (Phi) is 5.02. The Labute approximate surface area is 103 Å². The van der Waals surface area contributed by atoms with Crippen molar-refractivity contribution in [2.45, 2.75) is 6.42 Å². The molecule has 1 aromatic rings. The van der Waals surface area contributed by atoms with Crippen molar-refractivity contribution in [2.75, 3.05) is 0 Å². The molecule has 0 N–H and O–H groups in total. The van der Waals surface area contributed by atoms with E-state index in [9.17, 15) is 9.59 Å². The number of ketones is 1. The van der Waals surface area contributed by atoms with E-state index in [4.69, 9.17) is 27.9 Å². The molecule has 0 aliphatic rings. The number of esters is 1. The summed E-state index contributed by atoms with van der Waals surface area (Å²) in [5.74, 6) is -0.760. The predicted octanol–water partition coefficient (Wildman–Crippen LogP) is 2.87. The van der Waals surface area contributed by atoms with Crippen LogP contribution in [0.25, 0.3) is 0 Å². The van der Waals surface area contributed by atoms with Crippen LogP contribution in [0.4, 0.5) is 0 Å². The fourth-order valence-corrected chi connectivity index (χ4v) is 1.21. The predicted molar refractivity (Wildman–Crippen MR) is 61.5 cm³/mol. The van der Waals surface area contributed by atoms with E-state index in [1.54, 1.807) is 30.3 Å². The first-order chi connectivity index (χ1) is 7.58. The zero-order valence-electron chi connectivity index (χ0n) is 8.15. The highest BCUT2D eigenvalue weighted by molar-refractivity contribution is 6.56. The van der Waals surface area contributed by atoms with Crippen molar-refractivity contribution in [3.63, 3.8) is 0 Å². The fourth-order valence-electron chi connectivity index (χ4n) is 0.971. The molecule has 5 heteroatoms. The van der Waals surface area contributed by atoms with Gasteiger partial charge in [-0.3, -0.25) is 9.59 Å². The Morgan fingerprint density at radius 3 is 2.38 bits per heavy atom. The van der Waals surface area contributed by atoms with Gasteiger partial charge in [0, 0.05) is 6.08 Å². The van der Waals surface area contributed by atoms with Gasteiger partial charge in [0.1, 0.15) is 16.7 Å². The first kappa shape index (κ1) is 12.7. The van der Waals surface area contributed by atoms with Crippen LogP contribution in [-0.2, 0) is 9.59 Å². The third-order valence-corrected chi connectivity index (χ3v) is 1.78. The Hall–Kier alpha value is -1.32. The zero-order chi connectivity index (χ0) is 12.0. The molecule has 1 aromatic carbocycles. The van der Waals surface area contributed by atoms with Crippen LogP contribution in [0.15, 0.2) is 40.9 Å². The fraction of sp³-hybridized carbons (Fsp3) is 0.0909. The highest BCUT2D eigenvalue weighted by atomic mass is 35.5. The molecule has 0 unspecified atom stereocenters. The average molecular weight is 259 g/mol. The Bertz CT molecular complexity index is 408. The summed E-state index contributed by atoms with van der Waals surface area (Å²) in [4.78, 5) is 22.4. The van der Waals surface area contributed by atoms with E-state index in [1.165, 1.54) is 0 Å². The molecular formula is C11H8Cl2O3. The van der Waals surface area contributed by atoms with E-state index in [0.29, 0.717) is 5.75 Å². The first-order valence-electron chi connectivity index (χ1n) is 4.39. The molecular weight excluding hydrogens is 251 g/mol. The van der Waals surface area contributed by atoms with Gasteiger partial charge in [0.2, 0.25) is 0 Å². The van der Waals surface area contributed by atoms with Crippen LogP contribution in [0.2, 0.25) is 0 Å². The van der Waals surface area contributed by atoms with Crippen molar-refractivity contribution in [3.8, 4) is 5.75 Å². The van der Waals surface area contributed by atoms with Crippen LogP contribution in [0.3, 0.4) is 0 Å². The van der Waals surface area contributed by atoms with Crippen molar-refractivity contribution in [1.29, 1.82) is 0 Å². The second-order valence-electron chi connectivity index (χ2n) is 2.86. The van der Waals surface area contributed by atoms with Gasteiger partial charge < -0.3 is 4.74 Å². The summed E-state index contributed by atoms with van der Waals surface area (Å²) in [6.07, 6.45) is 0.577. The van der Waals surface area contributed by atoms with Gasteiger partial charge in [0.05, 0.1) is 0 Å². The smallest absolute Gasteiger partial charge is 0.319 e. The lowest BCUT2D eigenvalue weighted by Crippen LogP contribution is -2.12. The van der Waals surface area contributed by atoms with Crippen LogP contribution in [0.1, 0.15) is 6.42 Å². The van der Waals surface area contributed by atoms with Gasteiger partial charge in [0.25, 0.3) is 0 Å². The minimum absolute atomic E-state index is 0.183. The number of carbonyl (C=O) groups excluding carboxylic acids is 2. The van der Waals surface area contributed by atoms with Gasteiger partial charge >= 0.3 is 5.97 Å². The number of para-hydroxylation sites is 1. The number of ether oxygens (including phenoxy) is 1. The standard InChI is InChI=1S/C11H8Cl2O3/c12-10(13)6-8(14)7-11(15)16-9-4-2-1-3-5-9/h1-6H,7H2. The molecule has 0 aromatic heterocycles. The summed E-state index contributed by atoms with van der Waals surface area (Å²) in [6.45, 7) is 0. The van der Waals surface area contributed by atoms with Gasteiger partial charge in [-0.2, -0.15) is 0 Å². The number of hydrogen-bond acceptors (Lipinski definition) is 3. The van der Waals surface area contributed by atoms with E-state index in [-0.39, 0.29) is 4.49 Å². The van der Waals surface area contributed by atoms with Crippen molar-refractivity contribution in [3.05, 3.63) is 40.9 Å². The second kappa shape index (κ2) is 6.30. The zero-order valence-corrected chi connectivity index (χ0v) is 9.66. The summed E-state index contributed by atoms with van der Waals surface area (Å²) in [5.41, 5.74) is 0. The number of hydrogen-bond donors (Lipinski definition) is 0. The van der Waals surface area contributed by atoms with Crippen molar-refractivity contribution >= 4 is 35.0 Å². The van der Waals surface area contributed by atoms with Gasteiger partial charge in [-0.1, -0.05) is 41.4 Å². The highest BCUT2D eigenvalue weighted by Gasteiger charge is 2.09. The first-order valence-corrected chi connectivity index (χ1v) is 5.15. The molecule has 84 valence electrons. The lowest BCUT2D eigenvalue weighted by Gasteiger charge is -2.01. The molecule has 0 bridgehead atoms. The molecule has 1 rings (SSSR count). The summed E-state index contributed by atoms with van der Waals surface area (Å²) in [5, 5.41) is 0. The molecule has 16 heavy (non-hydrogen) atoms. The molecule has 0 aliphatic heterocycles. The van der Waals surface area contributed by atoms with Crippen molar-refractivity contribution in [2.24, 2.45) is 0 Å². The van der Waals surface area contributed by atoms with E-state index >= 15 is 0 Å². The van der Waals surface area contributed by atoms with Crippen LogP contribution >= 0.6 is 23.2 Å². The number of rotatable bonds is 4. The second-order valence-corrected chi connectivity index (χ2v) is 3.87. The van der Waals surface area contributed by atoms with Crippen molar-refractivity contribution in [1.82, 2.24) is 0 Å². The van der Waals surface area contributed by atoms with E-state index in [0.717, 1.165) is 6.08 Å². The molecule has 0 radical (unpaired) electrons. The molecule has 0 aliphatic carbocycles. The number of benzene rings is 1. The monoisotopic (exact) mass is 258 g/mol. The van der Waals surface area contributed by atoms with Crippen LogP contribution in [0.5, 0.6) is 5.75 Å². The maximum absolute atomic E-state index is 11.2. The van der Waals surface area contributed by atoms with E-state index in [1.807, 2.05) is 0 Å². The Morgan fingerprint density at radius 2 is 1.81 bits per heavy atom. The molecule has 0 saturated heterocycles. The number of halogens is 2. The lowest BCUT2D eigenvalue weighted by atomic mass is 10.3. The summed E-state index contributed by atoms with van der Waals surface area (Å²) >= 11 is 10.5. The highest BCUT2D eigenvalue weighted by Crippen LogP contribution is 2.10. The average Bonchev–Trinajstić information content (AvgIpc) is 2.17. The third kappa shape index (κ3) is 4.96. The quantitative estimate of drug-likeness (QED) is 0.361. The van der Waals surface area contributed by atoms with E-state index < -0.39 is 18.2 Å². The molecule has 0 spiro atoms. The van der Waals surface area contributed by atoms with Crippen molar-refractivity contribution < 1.29 is 14.3 Å². The maximum atomic E-state index is 11.2. The van der Waals surface area contributed by atoms with E-state index in [2.05, 4.69) is 0 Å². The Balaban J connectivity index is 2.49. The third-order valence-electron chi connectivity index (χ3n) is 1.56. The maximum Gasteiger partial charge on any atom is 0.319 e. The lowest BCUT2D eigenvalue weighted by molar-refractivity contribution is -0.136. The van der Waals surface area contributed by atoms with Gasteiger partial charge in [0.15, 0.2) is 5.78 Å². The summed E-state index contributed by atoms with van der Waals surface area (Å²) in [6, 6.07) is 8.47.